The molecule has 0 aliphatic carbocycles. The van der Waals surface area contributed by atoms with Crippen molar-refractivity contribution < 1.29 is 4.39 Å². The van der Waals surface area contributed by atoms with E-state index >= 15 is 0 Å². The van der Waals surface area contributed by atoms with Gasteiger partial charge in [0.25, 0.3) is 0 Å². The second-order valence-electron chi connectivity index (χ2n) is 8.99. The van der Waals surface area contributed by atoms with Crippen LogP contribution in [0.3, 0.4) is 0 Å². The molecule has 7 rings (SSSR count). The molecule has 0 spiro atoms. The second-order valence-corrected chi connectivity index (χ2v) is 8.99. The van der Waals surface area contributed by atoms with Gasteiger partial charge in [0.15, 0.2) is 5.82 Å². The Kier molecular flexibility index (Phi) is 3.84. The normalized spacial score (nSPS) is 21.1. The van der Waals surface area contributed by atoms with Crippen LogP contribution >= 0.6 is 0 Å². The third-order valence-corrected chi connectivity index (χ3v) is 7.24. The highest BCUT2D eigenvalue weighted by Gasteiger charge is 2.37. The zero-order valence-corrected chi connectivity index (χ0v) is 17.6. The molecule has 1 unspecified atom stereocenters. The third kappa shape index (κ3) is 2.67. The fraction of sp³-hybridized carbons (Fsp3) is 0.280. The highest BCUT2D eigenvalue weighted by molar-refractivity contribution is 5.72. The van der Waals surface area contributed by atoms with Crippen LogP contribution in [-0.2, 0) is 6.54 Å². The third-order valence-electron chi connectivity index (χ3n) is 7.24. The van der Waals surface area contributed by atoms with Gasteiger partial charge >= 0.3 is 0 Å². The van der Waals surface area contributed by atoms with Gasteiger partial charge in [-0.15, -0.1) is 10.2 Å². The Hall–Kier alpha value is -3.45. The summed E-state index contributed by atoms with van der Waals surface area (Å²) < 4.78 is 17.7. The number of anilines is 1. The highest BCUT2D eigenvalue weighted by Crippen LogP contribution is 2.37. The fourth-order valence-electron chi connectivity index (χ4n) is 5.70. The number of aromatic nitrogens is 4. The first-order valence-corrected chi connectivity index (χ1v) is 11.2. The second kappa shape index (κ2) is 6.77. The maximum absolute atomic E-state index is 13.4. The van der Waals surface area contributed by atoms with Crippen LogP contribution in [0, 0.1) is 5.82 Å². The maximum atomic E-state index is 13.4. The Morgan fingerprint density at radius 2 is 1.91 bits per heavy atom. The zero-order valence-electron chi connectivity index (χ0n) is 17.6. The van der Waals surface area contributed by atoms with Crippen molar-refractivity contribution in [3.8, 4) is 28.3 Å². The molecule has 160 valence electrons. The average Bonchev–Trinajstić information content (AvgIpc) is 3.57. The largest absolute Gasteiger partial charge is 0.367 e. The van der Waals surface area contributed by atoms with E-state index < -0.39 is 0 Å². The molecule has 5 heterocycles. The summed E-state index contributed by atoms with van der Waals surface area (Å²) in [4.78, 5) is 2.57. The first-order chi connectivity index (χ1) is 15.7. The van der Waals surface area contributed by atoms with Gasteiger partial charge in [-0.2, -0.15) is 0 Å². The van der Waals surface area contributed by atoms with E-state index in [1.165, 1.54) is 36.2 Å². The highest BCUT2D eigenvalue weighted by atomic mass is 19.1. The standard InChI is InChI=1S/C25H23FN6/c26-19-3-1-16(2-4-19)17-12-24-25-29-28-15-32(25)22-6-5-20(11-18(22)14-30(24)13-17)31-10-8-21-23(31)7-9-27-21/h1-6,11-13,15,21,23,27H,7-10,14H2/t21-,23?/m1/s1. The Bertz CT molecular complexity index is 1320. The van der Waals surface area contributed by atoms with Crippen LogP contribution in [0.4, 0.5) is 10.1 Å². The molecule has 2 aromatic carbocycles. The minimum atomic E-state index is -0.225. The molecule has 0 bridgehead atoms. The van der Waals surface area contributed by atoms with Gasteiger partial charge < -0.3 is 14.8 Å². The smallest absolute Gasteiger partial charge is 0.185 e. The summed E-state index contributed by atoms with van der Waals surface area (Å²) >= 11 is 0. The Morgan fingerprint density at radius 3 is 2.81 bits per heavy atom. The van der Waals surface area contributed by atoms with E-state index in [2.05, 4.69) is 60.0 Å². The summed E-state index contributed by atoms with van der Waals surface area (Å²) in [5, 5.41) is 12.3. The van der Waals surface area contributed by atoms with E-state index in [0.717, 1.165) is 48.0 Å². The summed E-state index contributed by atoms with van der Waals surface area (Å²) in [6.07, 6.45) is 6.34. The van der Waals surface area contributed by atoms with Crippen molar-refractivity contribution in [2.24, 2.45) is 0 Å². The van der Waals surface area contributed by atoms with Gasteiger partial charge in [-0.3, -0.25) is 4.57 Å². The number of rotatable bonds is 2. The molecular formula is C25H23FN6. The number of nitrogens with zero attached hydrogens (tertiary/aromatic N) is 5. The zero-order chi connectivity index (χ0) is 21.2. The summed E-state index contributed by atoms with van der Waals surface area (Å²) in [6, 6.07) is 16.8. The lowest BCUT2D eigenvalue weighted by molar-refractivity contribution is 0.601. The van der Waals surface area contributed by atoms with E-state index in [9.17, 15) is 4.39 Å². The molecule has 32 heavy (non-hydrogen) atoms. The molecule has 3 aliphatic rings. The molecular weight excluding hydrogens is 403 g/mol. The van der Waals surface area contributed by atoms with Crippen LogP contribution in [-0.4, -0.2) is 44.5 Å². The molecule has 6 nitrogen and oxygen atoms in total. The van der Waals surface area contributed by atoms with Crippen molar-refractivity contribution >= 4 is 5.69 Å². The first kappa shape index (κ1) is 18.2. The lowest BCUT2D eigenvalue weighted by Gasteiger charge is -2.26. The molecule has 2 atom stereocenters. The molecule has 1 N–H and O–H groups in total. The quantitative estimate of drug-likeness (QED) is 0.466. The molecule has 0 saturated carbocycles. The topological polar surface area (TPSA) is 50.9 Å². The molecule has 2 aromatic heterocycles. The summed E-state index contributed by atoms with van der Waals surface area (Å²) in [5.74, 6) is 0.600. The molecule has 0 amide bonds. The van der Waals surface area contributed by atoms with Gasteiger partial charge in [0.1, 0.15) is 12.1 Å². The van der Waals surface area contributed by atoms with E-state index in [4.69, 9.17) is 0 Å². The summed E-state index contributed by atoms with van der Waals surface area (Å²) in [6.45, 7) is 2.96. The minimum absolute atomic E-state index is 0.225. The summed E-state index contributed by atoms with van der Waals surface area (Å²) in [5.41, 5.74) is 6.72. The molecule has 4 aromatic rings. The van der Waals surface area contributed by atoms with Crippen LogP contribution < -0.4 is 10.2 Å². The SMILES string of the molecule is Fc1ccc(-c2cc3n(c2)Cc2cc(N4CC[C@H]5NCCC54)ccc2-n2cnnc2-3)cc1. The minimum Gasteiger partial charge on any atom is -0.367 e. The Labute approximate surface area is 185 Å². The van der Waals surface area contributed by atoms with Crippen molar-refractivity contribution in [3.63, 3.8) is 0 Å². The van der Waals surface area contributed by atoms with Crippen LogP contribution in [0.1, 0.15) is 18.4 Å². The van der Waals surface area contributed by atoms with E-state index in [-0.39, 0.29) is 5.82 Å². The predicted molar refractivity (Wildman–Crippen MR) is 121 cm³/mol. The number of hydrogen-bond donors (Lipinski definition) is 1. The van der Waals surface area contributed by atoms with Gasteiger partial charge in [-0.1, -0.05) is 12.1 Å². The number of nitrogens with one attached hydrogen (secondary N) is 1. The number of fused-ring (bicyclic) bond motifs is 6. The number of benzene rings is 2. The van der Waals surface area contributed by atoms with Crippen molar-refractivity contribution in [2.75, 3.05) is 18.0 Å². The van der Waals surface area contributed by atoms with Crippen molar-refractivity contribution in [1.82, 2.24) is 24.6 Å². The van der Waals surface area contributed by atoms with Crippen molar-refractivity contribution in [3.05, 3.63) is 72.4 Å². The van der Waals surface area contributed by atoms with Gasteiger partial charge in [0.2, 0.25) is 0 Å². The van der Waals surface area contributed by atoms with Gasteiger partial charge in [-0.25, -0.2) is 4.39 Å². The maximum Gasteiger partial charge on any atom is 0.185 e. The molecule has 3 aliphatic heterocycles. The van der Waals surface area contributed by atoms with Gasteiger partial charge in [-0.05, 0) is 66.9 Å². The average molecular weight is 426 g/mol. The van der Waals surface area contributed by atoms with Crippen molar-refractivity contribution in [1.29, 1.82) is 0 Å². The lowest BCUT2D eigenvalue weighted by Crippen LogP contribution is -2.34. The molecule has 2 fully saturated rings. The van der Waals surface area contributed by atoms with Crippen LogP contribution in [0.2, 0.25) is 0 Å². The fourth-order valence-corrected chi connectivity index (χ4v) is 5.70. The number of hydrogen-bond acceptors (Lipinski definition) is 4. The number of halogens is 1. The molecule has 2 saturated heterocycles. The van der Waals surface area contributed by atoms with Gasteiger partial charge in [0.05, 0.1) is 11.4 Å². The van der Waals surface area contributed by atoms with Crippen LogP contribution in [0.15, 0.2) is 61.1 Å². The molecule has 0 radical (unpaired) electrons. The van der Waals surface area contributed by atoms with E-state index in [1.54, 1.807) is 6.33 Å². The monoisotopic (exact) mass is 426 g/mol. The van der Waals surface area contributed by atoms with Gasteiger partial charge in [0, 0.05) is 42.6 Å². The summed E-state index contributed by atoms with van der Waals surface area (Å²) in [7, 11) is 0. The first-order valence-electron chi connectivity index (χ1n) is 11.2. The van der Waals surface area contributed by atoms with E-state index in [1.807, 2.05) is 12.1 Å². The molecule has 7 heteroatoms. The van der Waals surface area contributed by atoms with Crippen LogP contribution in [0.25, 0.3) is 28.3 Å². The lowest BCUT2D eigenvalue weighted by atomic mass is 10.1. The van der Waals surface area contributed by atoms with Crippen LogP contribution in [0.5, 0.6) is 0 Å². The van der Waals surface area contributed by atoms with Crippen molar-refractivity contribution in [2.45, 2.75) is 31.5 Å². The predicted octanol–water partition coefficient (Wildman–Crippen LogP) is 3.84. The van der Waals surface area contributed by atoms with E-state index in [0.29, 0.717) is 12.1 Å². The Balaban J connectivity index is 1.32. The Morgan fingerprint density at radius 1 is 1.00 bits per heavy atom.